The molecule has 0 aliphatic rings. The Kier molecular flexibility index (Phi) is 9.36. The van der Waals surface area contributed by atoms with Gasteiger partial charge in [-0.2, -0.15) is 0 Å². The summed E-state index contributed by atoms with van der Waals surface area (Å²) in [6, 6.07) is 10.3. The summed E-state index contributed by atoms with van der Waals surface area (Å²) < 4.78 is 20.7. The minimum Gasteiger partial charge on any atom is -0.488 e. The number of aliphatic hydroxyl groups is 1. The van der Waals surface area contributed by atoms with Gasteiger partial charge in [0.2, 0.25) is 0 Å². The fourth-order valence-corrected chi connectivity index (χ4v) is 3.04. The molecule has 0 atom stereocenters. The molecule has 2 aromatic carbocycles. The summed E-state index contributed by atoms with van der Waals surface area (Å²) >= 11 is 9.52. The first-order valence-electron chi connectivity index (χ1n) is 8.48. The van der Waals surface area contributed by atoms with Gasteiger partial charge in [0.1, 0.15) is 18.2 Å². The summed E-state index contributed by atoms with van der Waals surface area (Å²) in [5.74, 6) is 0.322. The maximum atomic E-state index is 13.9. The van der Waals surface area contributed by atoms with Gasteiger partial charge in [-0.15, -0.1) is 0 Å². The van der Waals surface area contributed by atoms with Crippen molar-refractivity contribution in [1.29, 1.82) is 0 Å². The first-order valence-corrected chi connectivity index (χ1v) is 9.65. The van der Waals surface area contributed by atoms with E-state index in [1.807, 2.05) is 18.2 Å². The van der Waals surface area contributed by atoms with E-state index in [0.29, 0.717) is 29.4 Å². The van der Waals surface area contributed by atoms with E-state index in [9.17, 15) is 4.39 Å². The lowest BCUT2D eigenvalue weighted by molar-refractivity contribution is 0.291. The maximum Gasteiger partial charge on any atom is 0.131 e. The predicted molar refractivity (Wildman–Crippen MR) is 106 cm³/mol. The lowest BCUT2D eigenvalue weighted by atomic mass is 10.2. The molecule has 0 radical (unpaired) electrons. The third-order valence-corrected chi connectivity index (χ3v) is 4.61. The highest BCUT2D eigenvalue weighted by Gasteiger charge is 2.10. The fourth-order valence-electron chi connectivity index (χ4n) is 2.41. The molecule has 26 heavy (non-hydrogen) atoms. The largest absolute Gasteiger partial charge is 0.488 e. The highest BCUT2D eigenvalue weighted by Crippen LogP contribution is 2.26. The van der Waals surface area contributed by atoms with Gasteiger partial charge in [0.25, 0.3) is 0 Å². The van der Waals surface area contributed by atoms with Crippen LogP contribution in [0.5, 0.6) is 5.75 Å². The van der Waals surface area contributed by atoms with Crippen LogP contribution in [0.2, 0.25) is 5.02 Å². The Morgan fingerprint density at radius 2 is 1.92 bits per heavy atom. The second-order valence-electron chi connectivity index (χ2n) is 5.74. The second kappa shape index (κ2) is 11.5. The molecular weight excluding hydrogens is 423 g/mol. The predicted octanol–water partition coefficient (Wildman–Crippen LogP) is 3.88. The quantitative estimate of drug-likeness (QED) is 0.460. The molecule has 0 amide bonds. The zero-order valence-corrected chi connectivity index (χ0v) is 16.7. The molecular formula is C19H23BrClFN2O2. The fraction of sp³-hybridized carbons (Fsp3) is 0.368. The topological polar surface area (TPSA) is 53.5 Å². The van der Waals surface area contributed by atoms with Crippen LogP contribution in [0.3, 0.4) is 0 Å². The zero-order valence-electron chi connectivity index (χ0n) is 14.4. The molecule has 0 aromatic heterocycles. The molecule has 4 nitrogen and oxygen atoms in total. The van der Waals surface area contributed by atoms with Gasteiger partial charge in [-0.25, -0.2) is 4.39 Å². The van der Waals surface area contributed by atoms with Crippen LogP contribution in [0.15, 0.2) is 40.9 Å². The molecule has 2 aromatic rings. The average Bonchev–Trinajstić information content (AvgIpc) is 2.62. The van der Waals surface area contributed by atoms with Gasteiger partial charge in [-0.1, -0.05) is 33.6 Å². The number of aliphatic hydroxyl groups excluding tert-OH is 1. The molecule has 0 bridgehead atoms. The van der Waals surface area contributed by atoms with Crippen molar-refractivity contribution in [3.8, 4) is 5.75 Å². The molecule has 142 valence electrons. The van der Waals surface area contributed by atoms with E-state index in [0.717, 1.165) is 29.5 Å². The van der Waals surface area contributed by atoms with Crippen molar-refractivity contribution >= 4 is 27.5 Å². The zero-order chi connectivity index (χ0) is 18.8. The van der Waals surface area contributed by atoms with E-state index < -0.39 is 0 Å². The molecule has 0 heterocycles. The molecule has 0 aliphatic heterocycles. The monoisotopic (exact) mass is 444 g/mol. The van der Waals surface area contributed by atoms with Crippen molar-refractivity contribution in [2.45, 2.75) is 19.6 Å². The number of hydrogen-bond donors (Lipinski definition) is 3. The van der Waals surface area contributed by atoms with Crippen molar-refractivity contribution in [3.63, 3.8) is 0 Å². The van der Waals surface area contributed by atoms with Crippen molar-refractivity contribution in [3.05, 3.63) is 62.8 Å². The second-order valence-corrected chi connectivity index (χ2v) is 7.07. The van der Waals surface area contributed by atoms with Crippen LogP contribution in [0.1, 0.15) is 17.5 Å². The lowest BCUT2D eigenvalue weighted by Crippen LogP contribution is -2.24. The highest BCUT2D eigenvalue weighted by molar-refractivity contribution is 9.10. The van der Waals surface area contributed by atoms with Gasteiger partial charge in [0, 0.05) is 28.7 Å². The third kappa shape index (κ3) is 6.85. The molecule has 0 unspecified atom stereocenters. The van der Waals surface area contributed by atoms with Crippen molar-refractivity contribution in [1.82, 2.24) is 10.6 Å². The number of nitrogens with one attached hydrogen (secondary N) is 2. The van der Waals surface area contributed by atoms with Crippen LogP contribution in [0.4, 0.5) is 4.39 Å². The number of hydrogen-bond acceptors (Lipinski definition) is 4. The summed E-state index contributed by atoms with van der Waals surface area (Å²) in [5, 5.41) is 15.6. The van der Waals surface area contributed by atoms with E-state index in [1.165, 1.54) is 6.07 Å². The van der Waals surface area contributed by atoms with Crippen LogP contribution in [0.25, 0.3) is 0 Å². The van der Waals surface area contributed by atoms with Crippen LogP contribution in [-0.4, -0.2) is 31.3 Å². The Morgan fingerprint density at radius 1 is 1.12 bits per heavy atom. The molecule has 0 saturated heterocycles. The van der Waals surface area contributed by atoms with Gasteiger partial charge in [0.15, 0.2) is 0 Å². The Hall–Kier alpha value is -1.18. The standard InChI is InChI=1S/C19H23BrClFN2O2/c20-15-5-6-19(26-13-16-17(21)3-1-4-18(16)22)14(11-15)12-24-8-2-7-23-9-10-25/h1,3-6,11,23-25H,2,7-10,12-13H2. The first kappa shape index (κ1) is 21.1. The highest BCUT2D eigenvalue weighted by atomic mass is 79.9. The van der Waals surface area contributed by atoms with Crippen molar-refractivity contribution < 1.29 is 14.2 Å². The van der Waals surface area contributed by atoms with Gasteiger partial charge in [0.05, 0.1) is 11.6 Å². The summed E-state index contributed by atoms with van der Waals surface area (Å²) in [6.45, 7) is 3.16. The van der Waals surface area contributed by atoms with Crippen molar-refractivity contribution in [2.24, 2.45) is 0 Å². The SMILES string of the molecule is OCCNCCCNCc1cc(Br)ccc1OCc1c(F)cccc1Cl. The minimum absolute atomic E-state index is 0.0746. The minimum atomic E-state index is -0.371. The Labute approximate surface area is 166 Å². The van der Waals surface area contributed by atoms with Crippen LogP contribution >= 0.6 is 27.5 Å². The average molecular weight is 446 g/mol. The summed E-state index contributed by atoms with van der Waals surface area (Å²) in [6.07, 6.45) is 0.953. The first-order chi connectivity index (χ1) is 12.6. The summed E-state index contributed by atoms with van der Waals surface area (Å²) in [7, 11) is 0. The molecule has 0 fully saturated rings. The van der Waals surface area contributed by atoms with E-state index in [-0.39, 0.29) is 19.0 Å². The molecule has 0 aliphatic carbocycles. The molecule has 7 heteroatoms. The molecule has 0 spiro atoms. The van der Waals surface area contributed by atoms with Crippen LogP contribution in [0, 0.1) is 5.82 Å². The molecule has 2 rings (SSSR count). The number of halogens is 3. The lowest BCUT2D eigenvalue weighted by Gasteiger charge is -2.14. The van der Waals surface area contributed by atoms with E-state index in [2.05, 4.69) is 26.6 Å². The van der Waals surface area contributed by atoms with E-state index in [4.69, 9.17) is 21.4 Å². The summed E-state index contributed by atoms with van der Waals surface area (Å²) in [5.41, 5.74) is 1.33. The number of ether oxygens (including phenoxy) is 1. The van der Waals surface area contributed by atoms with Crippen LogP contribution in [-0.2, 0) is 13.2 Å². The van der Waals surface area contributed by atoms with Gasteiger partial charge < -0.3 is 20.5 Å². The number of rotatable bonds is 11. The van der Waals surface area contributed by atoms with Crippen LogP contribution < -0.4 is 15.4 Å². The molecule has 3 N–H and O–H groups in total. The summed E-state index contributed by atoms with van der Waals surface area (Å²) in [4.78, 5) is 0. The van der Waals surface area contributed by atoms with Gasteiger partial charge >= 0.3 is 0 Å². The smallest absolute Gasteiger partial charge is 0.131 e. The Bertz CT molecular complexity index is 683. The van der Waals surface area contributed by atoms with Gasteiger partial charge in [-0.05, 0) is 49.8 Å². The van der Waals surface area contributed by atoms with Gasteiger partial charge in [-0.3, -0.25) is 0 Å². The Balaban J connectivity index is 1.90. The normalized spacial score (nSPS) is 10.9. The third-order valence-electron chi connectivity index (χ3n) is 3.77. The molecule has 0 saturated carbocycles. The number of benzene rings is 2. The Morgan fingerprint density at radius 3 is 2.69 bits per heavy atom. The van der Waals surface area contributed by atoms with E-state index in [1.54, 1.807) is 12.1 Å². The maximum absolute atomic E-state index is 13.9. The van der Waals surface area contributed by atoms with E-state index >= 15 is 0 Å². The van der Waals surface area contributed by atoms with Crippen molar-refractivity contribution in [2.75, 3.05) is 26.2 Å².